The Morgan fingerprint density at radius 1 is 1.09 bits per heavy atom. The van der Waals surface area contributed by atoms with Crippen LogP contribution in [0.5, 0.6) is 11.5 Å². The third-order valence-corrected chi connectivity index (χ3v) is 8.12. The van der Waals surface area contributed by atoms with Crippen LogP contribution in [0.1, 0.15) is 50.4 Å². The molecule has 4 aromatic rings. The molecule has 0 bridgehead atoms. The van der Waals surface area contributed by atoms with Crippen molar-refractivity contribution in [3.63, 3.8) is 0 Å². The van der Waals surface area contributed by atoms with E-state index in [0.29, 0.717) is 47.7 Å². The smallest absolute Gasteiger partial charge is 0.338 e. The van der Waals surface area contributed by atoms with Gasteiger partial charge in [-0.2, -0.15) is 0 Å². The van der Waals surface area contributed by atoms with E-state index < -0.39 is 12.0 Å². The first kappa shape index (κ1) is 30.6. The molecule has 3 aromatic carbocycles. The number of esters is 1. The number of carbonyl (C=O) groups is 1. The Morgan fingerprint density at radius 2 is 1.81 bits per heavy atom. The Balaban J connectivity index is 1.69. The largest absolute Gasteiger partial charge is 0.491 e. The minimum atomic E-state index is -0.816. The molecule has 1 atom stereocenters. The highest BCUT2D eigenvalue weighted by atomic mass is 35.5. The lowest BCUT2D eigenvalue weighted by molar-refractivity contribution is -0.139. The standard InChI is InChI=1S/C33H30Cl2N2O5S/c1-5-40-32(39)28-20(4)36-33-37(29(28)24-13-9-10-14-26(24)42-19(2)3)31(38)27(43-33)16-22-15-23(34)17-25(35)30(22)41-18-21-11-7-6-8-12-21/h6-17,19,29H,5,18H2,1-4H3/b27-16-/t29-/m0/s1. The van der Waals surface area contributed by atoms with Gasteiger partial charge in [-0.05, 0) is 57.5 Å². The fourth-order valence-corrected chi connectivity index (χ4v) is 6.47. The Labute approximate surface area is 263 Å². The third kappa shape index (κ3) is 6.56. The van der Waals surface area contributed by atoms with Gasteiger partial charge in [0, 0.05) is 16.1 Å². The van der Waals surface area contributed by atoms with Crippen molar-refractivity contribution < 1.29 is 19.0 Å². The molecule has 43 heavy (non-hydrogen) atoms. The summed E-state index contributed by atoms with van der Waals surface area (Å²) in [6.07, 6.45) is 1.56. The van der Waals surface area contributed by atoms with E-state index in [1.165, 1.54) is 15.9 Å². The first-order chi connectivity index (χ1) is 20.7. The minimum Gasteiger partial charge on any atom is -0.491 e. The van der Waals surface area contributed by atoms with Crippen molar-refractivity contribution in [3.8, 4) is 11.5 Å². The first-order valence-corrected chi connectivity index (χ1v) is 15.4. The third-order valence-electron chi connectivity index (χ3n) is 6.64. The normalized spacial score (nSPS) is 14.9. The van der Waals surface area contributed by atoms with Gasteiger partial charge in [0.25, 0.3) is 5.56 Å². The van der Waals surface area contributed by atoms with Gasteiger partial charge in [0.1, 0.15) is 24.1 Å². The predicted molar refractivity (Wildman–Crippen MR) is 170 cm³/mol. The second-order valence-corrected chi connectivity index (χ2v) is 11.9. The molecule has 0 aliphatic carbocycles. The maximum atomic E-state index is 14.2. The van der Waals surface area contributed by atoms with Gasteiger partial charge < -0.3 is 14.2 Å². The Bertz CT molecular complexity index is 1880. The molecule has 1 aromatic heterocycles. The van der Waals surface area contributed by atoms with Crippen molar-refractivity contribution in [2.45, 2.75) is 46.4 Å². The lowest BCUT2D eigenvalue weighted by Gasteiger charge is -2.26. The number of ether oxygens (including phenoxy) is 3. The lowest BCUT2D eigenvalue weighted by atomic mass is 9.95. The van der Waals surface area contributed by atoms with Crippen LogP contribution in [0.2, 0.25) is 10.0 Å². The predicted octanol–water partition coefficient (Wildman–Crippen LogP) is 6.47. The van der Waals surface area contributed by atoms with Gasteiger partial charge in [-0.1, -0.05) is 83.1 Å². The van der Waals surface area contributed by atoms with Crippen LogP contribution in [-0.4, -0.2) is 23.2 Å². The zero-order valence-corrected chi connectivity index (χ0v) is 26.4. The van der Waals surface area contributed by atoms with Crippen molar-refractivity contribution in [1.82, 2.24) is 4.57 Å². The molecule has 5 rings (SSSR count). The van der Waals surface area contributed by atoms with E-state index >= 15 is 0 Å². The fraction of sp³-hybridized carbons (Fsp3) is 0.242. The highest BCUT2D eigenvalue weighted by Crippen LogP contribution is 2.37. The molecule has 0 N–H and O–H groups in total. The number of carbonyl (C=O) groups excluding carboxylic acids is 1. The SMILES string of the molecule is CCOC(=O)C1=C(C)N=c2s/c(=C\c3cc(Cl)cc(Cl)c3OCc3ccccc3)c(=O)n2[C@H]1c1ccccc1OC(C)C. The summed E-state index contributed by atoms with van der Waals surface area (Å²) < 4.78 is 19.6. The molecule has 10 heteroatoms. The number of hydrogen-bond donors (Lipinski definition) is 0. The van der Waals surface area contributed by atoms with Gasteiger partial charge in [-0.3, -0.25) is 9.36 Å². The van der Waals surface area contributed by atoms with Crippen LogP contribution < -0.4 is 24.4 Å². The average Bonchev–Trinajstić information content (AvgIpc) is 3.26. The van der Waals surface area contributed by atoms with Crippen LogP contribution in [0.15, 0.2) is 87.8 Å². The monoisotopic (exact) mass is 636 g/mol. The first-order valence-electron chi connectivity index (χ1n) is 13.8. The maximum absolute atomic E-state index is 14.2. The fourth-order valence-electron chi connectivity index (χ4n) is 4.86. The van der Waals surface area contributed by atoms with Crippen molar-refractivity contribution in [2.75, 3.05) is 6.61 Å². The van der Waals surface area contributed by atoms with Gasteiger partial charge in [-0.15, -0.1) is 0 Å². The Kier molecular flexibility index (Phi) is 9.40. The average molecular weight is 638 g/mol. The number of allylic oxidation sites excluding steroid dienone is 1. The number of thiazole rings is 1. The van der Waals surface area contributed by atoms with E-state index in [-0.39, 0.29) is 30.5 Å². The molecule has 222 valence electrons. The Hall–Kier alpha value is -3.85. The van der Waals surface area contributed by atoms with Crippen molar-refractivity contribution in [3.05, 3.63) is 124 Å². The van der Waals surface area contributed by atoms with E-state index in [2.05, 4.69) is 4.99 Å². The highest BCUT2D eigenvalue weighted by Gasteiger charge is 2.35. The minimum absolute atomic E-state index is 0.130. The molecule has 1 aliphatic rings. The number of aromatic nitrogens is 1. The van der Waals surface area contributed by atoms with Gasteiger partial charge in [-0.25, -0.2) is 9.79 Å². The molecule has 0 fully saturated rings. The summed E-state index contributed by atoms with van der Waals surface area (Å²) in [5, 5.41) is 0.717. The molecule has 7 nitrogen and oxygen atoms in total. The summed E-state index contributed by atoms with van der Waals surface area (Å²) in [7, 11) is 0. The molecular weight excluding hydrogens is 607 g/mol. The summed E-state index contributed by atoms with van der Waals surface area (Å²) in [5.41, 5.74) is 2.56. The van der Waals surface area contributed by atoms with Crippen molar-refractivity contribution in [2.24, 2.45) is 4.99 Å². The summed E-state index contributed by atoms with van der Waals surface area (Å²) in [6.45, 7) is 7.78. The molecule has 0 saturated carbocycles. The highest BCUT2D eigenvalue weighted by molar-refractivity contribution is 7.07. The van der Waals surface area contributed by atoms with Gasteiger partial charge in [0.05, 0.1) is 33.5 Å². The van der Waals surface area contributed by atoms with Crippen LogP contribution in [0, 0.1) is 0 Å². The Morgan fingerprint density at radius 3 is 2.53 bits per heavy atom. The summed E-state index contributed by atoms with van der Waals surface area (Å²) >= 11 is 14.2. The van der Waals surface area contributed by atoms with Crippen LogP contribution in [0.25, 0.3) is 6.08 Å². The van der Waals surface area contributed by atoms with E-state index in [1.54, 1.807) is 32.1 Å². The van der Waals surface area contributed by atoms with Gasteiger partial charge in [0.2, 0.25) is 0 Å². The van der Waals surface area contributed by atoms with Crippen LogP contribution in [-0.2, 0) is 16.1 Å². The van der Waals surface area contributed by atoms with E-state index in [0.717, 1.165) is 5.56 Å². The number of nitrogens with zero attached hydrogens (tertiary/aromatic N) is 2. The maximum Gasteiger partial charge on any atom is 0.338 e. The number of halogens is 2. The molecule has 0 spiro atoms. The van der Waals surface area contributed by atoms with Gasteiger partial charge in [0.15, 0.2) is 4.80 Å². The van der Waals surface area contributed by atoms with Crippen LogP contribution >= 0.6 is 34.5 Å². The number of fused-ring (bicyclic) bond motifs is 1. The molecular formula is C33H30Cl2N2O5S. The zero-order chi connectivity index (χ0) is 30.7. The van der Waals surface area contributed by atoms with Crippen LogP contribution in [0.3, 0.4) is 0 Å². The second kappa shape index (κ2) is 13.2. The number of hydrogen-bond acceptors (Lipinski definition) is 7. The quantitative estimate of drug-likeness (QED) is 0.197. The number of rotatable bonds is 9. The number of benzene rings is 3. The van der Waals surface area contributed by atoms with Crippen molar-refractivity contribution in [1.29, 1.82) is 0 Å². The molecule has 0 unspecified atom stereocenters. The molecule has 0 amide bonds. The summed E-state index contributed by atoms with van der Waals surface area (Å²) in [4.78, 5) is 32.6. The molecule has 1 aliphatic heterocycles. The number of para-hydroxylation sites is 1. The van der Waals surface area contributed by atoms with Gasteiger partial charge >= 0.3 is 5.97 Å². The van der Waals surface area contributed by atoms with Crippen molar-refractivity contribution >= 4 is 46.6 Å². The van der Waals surface area contributed by atoms with Crippen LogP contribution in [0.4, 0.5) is 0 Å². The second-order valence-electron chi connectivity index (χ2n) is 10.1. The summed E-state index contributed by atoms with van der Waals surface area (Å²) in [5.74, 6) is 0.420. The molecule has 0 radical (unpaired) electrons. The summed E-state index contributed by atoms with van der Waals surface area (Å²) in [6, 6.07) is 19.5. The lowest BCUT2D eigenvalue weighted by Crippen LogP contribution is -2.40. The van der Waals surface area contributed by atoms with E-state index in [1.807, 2.05) is 68.4 Å². The van der Waals surface area contributed by atoms with E-state index in [9.17, 15) is 9.59 Å². The molecule has 0 saturated heterocycles. The zero-order valence-electron chi connectivity index (χ0n) is 24.1. The molecule has 2 heterocycles. The van der Waals surface area contributed by atoms with E-state index in [4.69, 9.17) is 37.4 Å². The topological polar surface area (TPSA) is 79.1 Å².